The summed E-state index contributed by atoms with van der Waals surface area (Å²) in [7, 11) is 0. The summed E-state index contributed by atoms with van der Waals surface area (Å²) in [4.78, 5) is 1.67. The summed E-state index contributed by atoms with van der Waals surface area (Å²) in [5.41, 5.74) is 0. The van der Waals surface area contributed by atoms with Gasteiger partial charge in [-0.2, -0.15) is 4.80 Å². The average molecular weight is 218 g/mol. The van der Waals surface area contributed by atoms with Gasteiger partial charge in [0, 0.05) is 12.5 Å². The van der Waals surface area contributed by atoms with Crippen LogP contribution in [-0.4, -0.2) is 33.3 Å². The van der Waals surface area contributed by atoms with Crippen LogP contribution in [-0.2, 0) is 0 Å². The first-order chi connectivity index (χ1) is 6.27. The summed E-state index contributed by atoms with van der Waals surface area (Å²) in [6.45, 7) is 6.17. The molecule has 80 valence electrons. The molecule has 1 aliphatic rings. The Morgan fingerprint density at radius 3 is 2.79 bits per heavy atom. The monoisotopic (exact) mass is 217 g/mol. The quantitative estimate of drug-likeness (QED) is 0.795. The van der Waals surface area contributed by atoms with E-state index in [4.69, 9.17) is 0 Å². The van der Waals surface area contributed by atoms with E-state index in [-0.39, 0.29) is 12.4 Å². The van der Waals surface area contributed by atoms with E-state index in [1.165, 1.54) is 0 Å². The normalized spacial score (nSPS) is 21.2. The number of nitrogens with zero attached hydrogens (tertiary/aromatic N) is 4. The van der Waals surface area contributed by atoms with Crippen LogP contribution in [0.1, 0.15) is 38.1 Å². The van der Waals surface area contributed by atoms with E-state index >= 15 is 0 Å². The molecule has 5 nitrogen and oxygen atoms in total. The average Bonchev–Trinajstić information content (AvgIpc) is 2.75. The van der Waals surface area contributed by atoms with Crippen molar-refractivity contribution in [3.05, 3.63) is 5.82 Å². The van der Waals surface area contributed by atoms with Gasteiger partial charge in [0.25, 0.3) is 0 Å². The molecule has 1 aromatic rings. The third-order valence-electron chi connectivity index (χ3n) is 2.33. The zero-order valence-electron chi connectivity index (χ0n) is 8.47. The molecule has 6 heteroatoms. The molecule has 0 spiro atoms. The maximum absolute atomic E-state index is 4.35. The summed E-state index contributed by atoms with van der Waals surface area (Å²) in [6, 6.07) is 0.301. The second-order valence-corrected chi connectivity index (χ2v) is 3.75. The molecule has 2 rings (SSSR count). The number of hydrogen-bond acceptors (Lipinski definition) is 4. The number of nitrogens with one attached hydrogen (secondary N) is 1. The second-order valence-electron chi connectivity index (χ2n) is 3.75. The lowest BCUT2D eigenvalue weighted by molar-refractivity contribution is 0.452. The van der Waals surface area contributed by atoms with E-state index < -0.39 is 0 Å². The summed E-state index contributed by atoms with van der Waals surface area (Å²) < 4.78 is 0. The topological polar surface area (TPSA) is 55.6 Å². The molecule has 0 aromatic carbocycles. The Bertz CT molecular complexity index is 279. The molecule has 0 bridgehead atoms. The molecule has 0 radical (unpaired) electrons. The SMILES string of the molecule is CC(C)n1nnc(C2CCNC2)n1.Cl. The van der Waals surface area contributed by atoms with Gasteiger partial charge in [-0.3, -0.25) is 0 Å². The predicted molar refractivity (Wildman–Crippen MR) is 55.7 cm³/mol. The third-order valence-corrected chi connectivity index (χ3v) is 2.33. The van der Waals surface area contributed by atoms with Crippen molar-refractivity contribution in [2.45, 2.75) is 32.2 Å². The van der Waals surface area contributed by atoms with E-state index in [1.54, 1.807) is 4.80 Å². The van der Waals surface area contributed by atoms with E-state index in [0.29, 0.717) is 12.0 Å². The van der Waals surface area contributed by atoms with Crippen LogP contribution in [0.2, 0.25) is 0 Å². The van der Waals surface area contributed by atoms with Gasteiger partial charge in [0.2, 0.25) is 0 Å². The lowest BCUT2D eigenvalue weighted by Crippen LogP contribution is -2.10. The van der Waals surface area contributed by atoms with Crippen molar-refractivity contribution in [1.82, 2.24) is 25.5 Å². The molecule has 1 N–H and O–H groups in total. The fourth-order valence-corrected chi connectivity index (χ4v) is 1.49. The minimum atomic E-state index is 0. The smallest absolute Gasteiger partial charge is 0.179 e. The van der Waals surface area contributed by atoms with Crippen molar-refractivity contribution in [3.8, 4) is 0 Å². The van der Waals surface area contributed by atoms with Crippen molar-refractivity contribution >= 4 is 12.4 Å². The summed E-state index contributed by atoms with van der Waals surface area (Å²) in [5.74, 6) is 1.35. The van der Waals surface area contributed by atoms with Crippen molar-refractivity contribution in [3.63, 3.8) is 0 Å². The van der Waals surface area contributed by atoms with Crippen LogP contribution in [0.4, 0.5) is 0 Å². The molecule has 1 aliphatic heterocycles. The van der Waals surface area contributed by atoms with Crippen LogP contribution in [0.15, 0.2) is 0 Å². The summed E-state index contributed by atoms with van der Waals surface area (Å²) in [5, 5.41) is 15.7. The Kier molecular flexibility index (Phi) is 3.83. The minimum Gasteiger partial charge on any atom is -0.316 e. The first-order valence-electron chi connectivity index (χ1n) is 4.77. The number of rotatable bonds is 2. The van der Waals surface area contributed by atoms with Gasteiger partial charge >= 0.3 is 0 Å². The summed E-state index contributed by atoms with van der Waals surface area (Å²) >= 11 is 0. The van der Waals surface area contributed by atoms with Crippen LogP contribution in [0.25, 0.3) is 0 Å². The first-order valence-corrected chi connectivity index (χ1v) is 4.77. The largest absolute Gasteiger partial charge is 0.316 e. The highest BCUT2D eigenvalue weighted by Crippen LogP contribution is 2.17. The molecular formula is C8H16ClN5. The second kappa shape index (κ2) is 4.70. The number of halogens is 1. The van der Waals surface area contributed by atoms with Gasteiger partial charge in [0.15, 0.2) is 5.82 Å². The van der Waals surface area contributed by atoms with Crippen LogP contribution < -0.4 is 5.32 Å². The molecule has 2 heterocycles. The Balaban J connectivity index is 0.000000980. The number of aromatic nitrogens is 4. The van der Waals surface area contributed by atoms with Crippen LogP contribution in [0.5, 0.6) is 0 Å². The number of tetrazole rings is 1. The fourth-order valence-electron chi connectivity index (χ4n) is 1.49. The van der Waals surface area contributed by atoms with Gasteiger partial charge in [-0.1, -0.05) is 0 Å². The van der Waals surface area contributed by atoms with E-state index in [9.17, 15) is 0 Å². The zero-order valence-corrected chi connectivity index (χ0v) is 9.29. The number of hydrogen-bond donors (Lipinski definition) is 1. The molecule has 14 heavy (non-hydrogen) atoms. The minimum absolute atomic E-state index is 0. The molecule has 1 unspecified atom stereocenters. The molecule has 0 aliphatic carbocycles. The molecular weight excluding hydrogens is 202 g/mol. The third kappa shape index (κ3) is 2.22. The molecule has 1 aromatic heterocycles. The highest BCUT2D eigenvalue weighted by Gasteiger charge is 2.21. The van der Waals surface area contributed by atoms with Gasteiger partial charge < -0.3 is 5.32 Å². The Labute approximate surface area is 89.7 Å². The highest BCUT2D eigenvalue weighted by atomic mass is 35.5. The van der Waals surface area contributed by atoms with Gasteiger partial charge in [-0.05, 0) is 32.0 Å². The Hall–Kier alpha value is -0.680. The first kappa shape index (κ1) is 11.4. The lowest BCUT2D eigenvalue weighted by atomic mass is 10.1. The lowest BCUT2D eigenvalue weighted by Gasteiger charge is -2.01. The van der Waals surface area contributed by atoms with E-state index in [0.717, 1.165) is 25.3 Å². The summed E-state index contributed by atoms with van der Waals surface area (Å²) in [6.07, 6.45) is 1.13. The standard InChI is InChI=1S/C8H15N5.ClH/c1-6(2)13-11-8(10-12-13)7-3-4-9-5-7;/h6-7,9H,3-5H2,1-2H3;1H. The predicted octanol–water partition coefficient (Wildman–Crippen LogP) is 0.753. The van der Waals surface area contributed by atoms with Crippen molar-refractivity contribution in [2.24, 2.45) is 0 Å². The van der Waals surface area contributed by atoms with Crippen molar-refractivity contribution in [1.29, 1.82) is 0 Å². The highest BCUT2D eigenvalue weighted by molar-refractivity contribution is 5.85. The maximum Gasteiger partial charge on any atom is 0.179 e. The molecule has 1 atom stereocenters. The van der Waals surface area contributed by atoms with Gasteiger partial charge in [0.05, 0.1) is 6.04 Å². The molecule has 1 fully saturated rings. The van der Waals surface area contributed by atoms with Crippen molar-refractivity contribution in [2.75, 3.05) is 13.1 Å². The van der Waals surface area contributed by atoms with Crippen molar-refractivity contribution < 1.29 is 0 Å². The molecule has 0 amide bonds. The van der Waals surface area contributed by atoms with Gasteiger partial charge in [0.1, 0.15) is 0 Å². The zero-order chi connectivity index (χ0) is 9.26. The molecule has 1 saturated heterocycles. The van der Waals surface area contributed by atoms with Crippen LogP contribution in [0, 0.1) is 0 Å². The Morgan fingerprint density at radius 2 is 2.29 bits per heavy atom. The van der Waals surface area contributed by atoms with E-state index in [2.05, 4.69) is 34.6 Å². The maximum atomic E-state index is 4.35. The fraction of sp³-hybridized carbons (Fsp3) is 0.875. The van der Waals surface area contributed by atoms with Gasteiger partial charge in [-0.15, -0.1) is 22.6 Å². The van der Waals surface area contributed by atoms with Crippen LogP contribution >= 0.6 is 12.4 Å². The van der Waals surface area contributed by atoms with Gasteiger partial charge in [-0.25, -0.2) is 0 Å². The van der Waals surface area contributed by atoms with Crippen LogP contribution in [0.3, 0.4) is 0 Å². The van der Waals surface area contributed by atoms with E-state index in [1.807, 2.05) is 0 Å². The Morgan fingerprint density at radius 1 is 1.50 bits per heavy atom. The molecule has 0 saturated carbocycles.